The number of hydrazone groups is 1. The Bertz CT molecular complexity index is 1220. The van der Waals surface area contributed by atoms with Gasteiger partial charge in [0.2, 0.25) is 0 Å². The molecule has 0 bridgehead atoms. The molecule has 0 radical (unpaired) electrons. The minimum Gasteiger partial charge on any atom is -0.497 e. The summed E-state index contributed by atoms with van der Waals surface area (Å²) in [5, 5.41) is 6.74. The first-order valence-corrected chi connectivity index (χ1v) is 11.1. The van der Waals surface area contributed by atoms with Crippen molar-refractivity contribution >= 4 is 24.1 Å². The van der Waals surface area contributed by atoms with Gasteiger partial charge in [0.1, 0.15) is 17.2 Å². The number of methoxy groups -OCH3 is 2. The van der Waals surface area contributed by atoms with Crippen molar-refractivity contribution in [2.24, 2.45) is 5.10 Å². The van der Waals surface area contributed by atoms with E-state index < -0.39 is 11.8 Å². The van der Waals surface area contributed by atoms with Gasteiger partial charge in [-0.1, -0.05) is 56.3 Å². The van der Waals surface area contributed by atoms with Gasteiger partial charge in [0, 0.05) is 11.1 Å². The van der Waals surface area contributed by atoms with Gasteiger partial charge in [0.15, 0.2) is 0 Å². The summed E-state index contributed by atoms with van der Waals surface area (Å²) in [5.74, 6) is 0.499. The number of ether oxygens (including phenoxy) is 2. The van der Waals surface area contributed by atoms with Gasteiger partial charge < -0.3 is 14.8 Å². The standard InChI is InChI=1S/C28H29N3O4/c1-19(2)21-12-10-20(11-13-21)18-29-31-28(33)25(30-27(32)22-8-6-5-7-9-22)17-23-16-24(34-3)14-15-26(23)35-4/h5-19H,1-4H3,(H,30,32)(H,31,33)/b25-17-,29-18-. The maximum atomic E-state index is 13.0. The quantitative estimate of drug-likeness (QED) is 0.268. The highest BCUT2D eigenvalue weighted by Crippen LogP contribution is 2.26. The molecular formula is C28H29N3O4. The molecule has 0 saturated heterocycles. The van der Waals surface area contributed by atoms with Gasteiger partial charge in [-0.05, 0) is 53.5 Å². The molecule has 0 spiro atoms. The Morgan fingerprint density at radius 1 is 0.914 bits per heavy atom. The third-order valence-electron chi connectivity index (χ3n) is 5.25. The third-order valence-corrected chi connectivity index (χ3v) is 5.25. The minimum atomic E-state index is -0.589. The van der Waals surface area contributed by atoms with E-state index in [0.717, 1.165) is 5.56 Å². The van der Waals surface area contributed by atoms with E-state index in [2.05, 4.69) is 29.7 Å². The summed E-state index contributed by atoms with van der Waals surface area (Å²) in [4.78, 5) is 25.8. The van der Waals surface area contributed by atoms with E-state index in [4.69, 9.17) is 9.47 Å². The molecule has 3 rings (SSSR count). The molecule has 2 amide bonds. The van der Waals surface area contributed by atoms with E-state index in [1.54, 1.807) is 55.8 Å². The molecular weight excluding hydrogens is 442 g/mol. The highest BCUT2D eigenvalue weighted by molar-refractivity contribution is 6.05. The number of carbonyl (C=O) groups is 2. The van der Waals surface area contributed by atoms with Crippen LogP contribution in [0.2, 0.25) is 0 Å². The van der Waals surface area contributed by atoms with E-state index in [9.17, 15) is 9.59 Å². The van der Waals surface area contributed by atoms with Crippen LogP contribution in [0, 0.1) is 0 Å². The Morgan fingerprint density at radius 2 is 1.63 bits per heavy atom. The predicted octanol–water partition coefficient (Wildman–Crippen LogP) is 4.75. The first kappa shape index (κ1) is 25.2. The summed E-state index contributed by atoms with van der Waals surface area (Å²) >= 11 is 0. The Morgan fingerprint density at radius 3 is 2.26 bits per heavy atom. The molecule has 3 aromatic rings. The number of carbonyl (C=O) groups excluding carboxylic acids is 2. The van der Waals surface area contributed by atoms with Crippen molar-refractivity contribution in [3.8, 4) is 11.5 Å². The van der Waals surface area contributed by atoms with E-state index >= 15 is 0 Å². The molecule has 0 aliphatic rings. The first-order valence-electron chi connectivity index (χ1n) is 11.1. The van der Waals surface area contributed by atoms with Gasteiger partial charge in [0.25, 0.3) is 11.8 Å². The number of rotatable bonds is 9. The van der Waals surface area contributed by atoms with Crippen molar-refractivity contribution in [1.82, 2.24) is 10.7 Å². The lowest BCUT2D eigenvalue weighted by Crippen LogP contribution is -2.32. The molecule has 7 heteroatoms. The van der Waals surface area contributed by atoms with Crippen molar-refractivity contribution in [2.75, 3.05) is 14.2 Å². The number of benzene rings is 3. The Balaban J connectivity index is 1.86. The van der Waals surface area contributed by atoms with Crippen LogP contribution in [-0.2, 0) is 4.79 Å². The zero-order valence-corrected chi connectivity index (χ0v) is 20.2. The fourth-order valence-corrected chi connectivity index (χ4v) is 3.24. The third kappa shape index (κ3) is 7.04. The summed E-state index contributed by atoms with van der Waals surface area (Å²) in [7, 11) is 3.07. The summed E-state index contributed by atoms with van der Waals surface area (Å²) in [6, 6.07) is 21.7. The molecule has 35 heavy (non-hydrogen) atoms. The highest BCUT2D eigenvalue weighted by Gasteiger charge is 2.16. The van der Waals surface area contributed by atoms with Crippen molar-refractivity contribution in [1.29, 1.82) is 0 Å². The molecule has 0 fully saturated rings. The lowest BCUT2D eigenvalue weighted by Gasteiger charge is -2.12. The van der Waals surface area contributed by atoms with Gasteiger partial charge in [-0.25, -0.2) is 5.43 Å². The fourth-order valence-electron chi connectivity index (χ4n) is 3.24. The molecule has 0 unspecified atom stereocenters. The minimum absolute atomic E-state index is 0.00212. The molecule has 0 aliphatic carbocycles. The van der Waals surface area contributed by atoms with E-state index in [-0.39, 0.29) is 5.70 Å². The maximum absolute atomic E-state index is 13.0. The van der Waals surface area contributed by atoms with Crippen LogP contribution in [0.15, 0.2) is 83.6 Å². The van der Waals surface area contributed by atoms with Gasteiger partial charge in [0.05, 0.1) is 20.4 Å². The van der Waals surface area contributed by atoms with Crippen LogP contribution in [0.5, 0.6) is 11.5 Å². The van der Waals surface area contributed by atoms with Gasteiger partial charge >= 0.3 is 0 Å². The lowest BCUT2D eigenvalue weighted by molar-refractivity contribution is -0.117. The van der Waals surface area contributed by atoms with Crippen molar-refractivity contribution in [3.05, 3.63) is 101 Å². The predicted molar refractivity (Wildman–Crippen MR) is 138 cm³/mol. The van der Waals surface area contributed by atoms with Gasteiger partial charge in [-0.3, -0.25) is 9.59 Å². The van der Waals surface area contributed by atoms with Crippen molar-refractivity contribution < 1.29 is 19.1 Å². The summed E-state index contributed by atoms with van der Waals surface area (Å²) in [6.45, 7) is 4.25. The summed E-state index contributed by atoms with van der Waals surface area (Å²) in [6.07, 6.45) is 3.06. The molecule has 0 atom stereocenters. The maximum Gasteiger partial charge on any atom is 0.287 e. The molecule has 0 aromatic heterocycles. The molecule has 3 aromatic carbocycles. The molecule has 2 N–H and O–H groups in total. The number of amides is 2. The Hall–Kier alpha value is -4.39. The summed E-state index contributed by atoms with van der Waals surface area (Å²) in [5.41, 5.74) is 5.50. The number of hydrogen-bond donors (Lipinski definition) is 2. The molecule has 0 heterocycles. The van der Waals surface area contributed by atoms with Crippen LogP contribution in [-0.4, -0.2) is 32.2 Å². The SMILES string of the molecule is COc1ccc(OC)c(/C=C(\NC(=O)c2ccccc2)C(=O)N/N=C\c2ccc(C(C)C)cc2)c1. The van der Waals surface area contributed by atoms with Crippen LogP contribution in [0.1, 0.15) is 46.8 Å². The Kier molecular flexibility index (Phi) is 8.78. The lowest BCUT2D eigenvalue weighted by atomic mass is 10.0. The molecule has 0 saturated carbocycles. The average Bonchev–Trinajstić information content (AvgIpc) is 2.88. The van der Waals surface area contributed by atoms with Crippen molar-refractivity contribution in [2.45, 2.75) is 19.8 Å². The normalized spacial score (nSPS) is 11.4. The van der Waals surface area contributed by atoms with E-state index in [1.165, 1.54) is 18.7 Å². The zero-order chi connectivity index (χ0) is 25.2. The van der Waals surface area contributed by atoms with Crippen LogP contribution < -0.4 is 20.2 Å². The number of nitrogens with zero attached hydrogens (tertiary/aromatic N) is 1. The summed E-state index contributed by atoms with van der Waals surface area (Å²) < 4.78 is 10.7. The van der Waals surface area contributed by atoms with Gasteiger partial charge in [-0.15, -0.1) is 0 Å². The zero-order valence-electron chi connectivity index (χ0n) is 20.2. The smallest absolute Gasteiger partial charge is 0.287 e. The second-order valence-electron chi connectivity index (χ2n) is 8.01. The second-order valence-corrected chi connectivity index (χ2v) is 8.01. The molecule has 180 valence electrons. The fraction of sp³-hybridized carbons (Fsp3) is 0.179. The molecule has 0 aliphatic heterocycles. The monoisotopic (exact) mass is 471 g/mol. The van der Waals surface area contributed by atoms with Crippen LogP contribution in [0.25, 0.3) is 6.08 Å². The van der Waals surface area contributed by atoms with Crippen LogP contribution in [0.4, 0.5) is 0 Å². The topological polar surface area (TPSA) is 89.0 Å². The number of hydrogen-bond acceptors (Lipinski definition) is 5. The van der Waals surface area contributed by atoms with E-state index in [0.29, 0.717) is 28.5 Å². The largest absolute Gasteiger partial charge is 0.497 e. The second kappa shape index (κ2) is 12.2. The average molecular weight is 472 g/mol. The van der Waals surface area contributed by atoms with Crippen LogP contribution >= 0.6 is 0 Å². The van der Waals surface area contributed by atoms with Gasteiger partial charge in [-0.2, -0.15) is 5.10 Å². The van der Waals surface area contributed by atoms with E-state index in [1.807, 2.05) is 30.3 Å². The van der Waals surface area contributed by atoms with Crippen LogP contribution in [0.3, 0.4) is 0 Å². The van der Waals surface area contributed by atoms with Crippen molar-refractivity contribution in [3.63, 3.8) is 0 Å². The first-order chi connectivity index (χ1) is 16.9. The number of nitrogens with one attached hydrogen (secondary N) is 2. The molecule has 7 nitrogen and oxygen atoms in total. The highest BCUT2D eigenvalue weighted by atomic mass is 16.5. The Labute approximate surface area is 205 Å².